The van der Waals surface area contributed by atoms with Crippen LogP contribution >= 0.6 is 0 Å². The van der Waals surface area contributed by atoms with Crippen molar-refractivity contribution in [3.63, 3.8) is 0 Å². The van der Waals surface area contributed by atoms with Gasteiger partial charge in [-0.1, -0.05) is 26.8 Å². The van der Waals surface area contributed by atoms with Gasteiger partial charge in [0.05, 0.1) is 22.0 Å². The Morgan fingerprint density at radius 3 is 2.09 bits per heavy atom. The molecule has 2 aromatic carbocycles. The van der Waals surface area contributed by atoms with Crippen molar-refractivity contribution in [1.29, 1.82) is 0 Å². The second kappa shape index (κ2) is 11.4. The first kappa shape index (κ1) is 25.6. The Bertz CT molecular complexity index is 1120. The zero-order valence-electron chi connectivity index (χ0n) is 20.1. The zero-order chi connectivity index (χ0) is 24.7. The van der Waals surface area contributed by atoms with Crippen molar-refractivity contribution in [3.05, 3.63) is 60.7 Å². The fourth-order valence-corrected chi connectivity index (χ4v) is 5.37. The molecule has 0 bridgehead atoms. The Balaban J connectivity index is 1.55. The lowest BCUT2D eigenvalue weighted by atomic mass is 10.1. The first-order valence-electron chi connectivity index (χ1n) is 11.6. The molecule has 0 aromatic heterocycles. The van der Waals surface area contributed by atoms with Crippen molar-refractivity contribution >= 4 is 32.9 Å². The normalized spacial score (nSPS) is 15.9. The molecule has 2 aromatic rings. The minimum atomic E-state index is -3.29. The molecule has 1 fully saturated rings. The molecular formula is C26H33N3O4S. The maximum Gasteiger partial charge on any atom is 0.333 e. The molecule has 182 valence electrons. The van der Waals surface area contributed by atoms with E-state index in [4.69, 9.17) is 4.74 Å². The van der Waals surface area contributed by atoms with Crippen LogP contribution in [0.5, 0.6) is 0 Å². The standard InChI is InChI=1S/C26H33N3O4S/c1-5-20(4)18-34(31,32)25-12-8-22(9-13-25)28-27-21-6-10-23(11-7-21)29-16-14-24(15-17-29)33-26(30)19(2)3/h6-13,20,24H,2,5,14-18H2,1,3-4H3. The summed E-state index contributed by atoms with van der Waals surface area (Å²) in [4.78, 5) is 14.3. The molecule has 0 aliphatic carbocycles. The van der Waals surface area contributed by atoms with Crippen LogP contribution < -0.4 is 4.90 Å². The van der Waals surface area contributed by atoms with Gasteiger partial charge >= 0.3 is 5.97 Å². The molecule has 1 unspecified atom stereocenters. The number of carbonyl (C=O) groups is 1. The van der Waals surface area contributed by atoms with Crippen molar-refractivity contribution < 1.29 is 17.9 Å². The van der Waals surface area contributed by atoms with Gasteiger partial charge in [-0.05, 0) is 61.4 Å². The second-order valence-corrected chi connectivity index (χ2v) is 10.9. The van der Waals surface area contributed by atoms with E-state index in [0.717, 1.165) is 38.0 Å². The number of nitrogens with zero attached hydrogens (tertiary/aromatic N) is 3. The number of hydrogen-bond donors (Lipinski definition) is 0. The third-order valence-electron chi connectivity index (χ3n) is 5.96. The number of carbonyl (C=O) groups excluding carboxylic acids is 1. The summed E-state index contributed by atoms with van der Waals surface area (Å²) >= 11 is 0. The van der Waals surface area contributed by atoms with Crippen LogP contribution in [0, 0.1) is 5.92 Å². The highest BCUT2D eigenvalue weighted by molar-refractivity contribution is 7.91. The third kappa shape index (κ3) is 7.00. The van der Waals surface area contributed by atoms with Crippen LogP contribution in [-0.2, 0) is 19.4 Å². The molecule has 8 heteroatoms. The number of anilines is 1. The summed E-state index contributed by atoms with van der Waals surface area (Å²) in [7, 11) is -3.29. The Kier molecular flexibility index (Phi) is 8.61. The van der Waals surface area contributed by atoms with E-state index >= 15 is 0 Å². The fourth-order valence-electron chi connectivity index (χ4n) is 3.64. The van der Waals surface area contributed by atoms with E-state index in [0.29, 0.717) is 21.8 Å². The highest BCUT2D eigenvalue weighted by Gasteiger charge is 2.22. The van der Waals surface area contributed by atoms with Gasteiger partial charge in [-0.15, -0.1) is 0 Å². The molecule has 0 N–H and O–H groups in total. The number of rotatable bonds is 9. The summed E-state index contributed by atoms with van der Waals surface area (Å²) < 4.78 is 30.4. The molecule has 0 spiro atoms. The van der Waals surface area contributed by atoms with Crippen molar-refractivity contribution in [1.82, 2.24) is 0 Å². The largest absolute Gasteiger partial charge is 0.459 e. The summed E-state index contributed by atoms with van der Waals surface area (Å²) in [6.07, 6.45) is 2.32. The van der Waals surface area contributed by atoms with Gasteiger partial charge in [-0.3, -0.25) is 0 Å². The van der Waals surface area contributed by atoms with E-state index in [1.165, 1.54) is 0 Å². The molecule has 1 heterocycles. The molecular weight excluding hydrogens is 450 g/mol. The quantitative estimate of drug-likeness (QED) is 0.248. The van der Waals surface area contributed by atoms with Crippen LogP contribution in [0.4, 0.5) is 17.1 Å². The summed E-state index contributed by atoms with van der Waals surface area (Å²) in [5.41, 5.74) is 2.81. The van der Waals surface area contributed by atoms with E-state index in [2.05, 4.69) is 21.7 Å². The van der Waals surface area contributed by atoms with Crippen molar-refractivity contribution in [2.45, 2.75) is 51.0 Å². The van der Waals surface area contributed by atoms with Crippen LogP contribution in [0.3, 0.4) is 0 Å². The van der Waals surface area contributed by atoms with Crippen LogP contribution in [0.1, 0.15) is 40.0 Å². The Labute approximate surface area is 202 Å². The Hall–Kier alpha value is -3.00. The average Bonchev–Trinajstić information content (AvgIpc) is 2.83. The van der Waals surface area contributed by atoms with Gasteiger partial charge in [-0.25, -0.2) is 13.2 Å². The van der Waals surface area contributed by atoms with Crippen LogP contribution in [-0.4, -0.2) is 39.3 Å². The maximum absolute atomic E-state index is 12.5. The molecule has 0 radical (unpaired) electrons. The van der Waals surface area contributed by atoms with Crippen molar-refractivity contribution in [2.24, 2.45) is 16.1 Å². The van der Waals surface area contributed by atoms with Gasteiger partial charge in [0.1, 0.15) is 6.10 Å². The number of esters is 1. The first-order valence-corrected chi connectivity index (χ1v) is 13.3. The summed E-state index contributed by atoms with van der Waals surface area (Å²) in [6.45, 7) is 10.8. The van der Waals surface area contributed by atoms with Gasteiger partial charge in [0.2, 0.25) is 0 Å². The Morgan fingerprint density at radius 1 is 1.06 bits per heavy atom. The third-order valence-corrected chi connectivity index (χ3v) is 7.95. The van der Waals surface area contributed by atoms with Crippen molar-refractivity contribution in [3.8, 4) is 0 Å². The second-order valence-electron chi connectivity index (χ2n) is 8.88. The number of hydrogen-bond acceptors (Lipinski definition) is 7. The minimum Gasteiger partial charge on any atom is -0.459 e. The van der Waals surface area contributed by atoms with E-state index in [1.54, 1.807) is 31.2 Å². The lowest BCUT2D eigenvalue weighted by Gasteiger charge is -2.33. The number of benzene rings is 2. The van der Waals surface area contributed by atoms with E-state index in [9.17, 15) is 13.2 Å². The molecule has 1 saturated heterocycles. The predicted molar refractivity (Wildman–Crippen MR) is 135 cm³/mol. The van der Waals surface area contributed by atoms with Crippen molar-refractivity contribution in [2.75, 3.05) is 23.7 Å². The van der Waals surface area contributed by atoms with E-state index in [-0.39, 0.29) is 23.7 Å². The summed E-state index contributed by atoms with van der Waals surface area (Å²) in [5, 5.41) is 8.50. The van der Waals surface area contributed by atoms with Gasteiger partial charge in [0.15, 0.2) is 9.84 Å². The van der Waals surface area contributed by atoms with E-state index in [1.807, 2.05) is 38.1 Å². The predicted octanol–water partition coefficient (Wildman–Crippen LogP) is 6.01. The average molecular weight is 484 g/mol. The fraction of sp³-hybridized carbons (Fsp3) is 0.423. The summed E-state index contributed by atoms with van der Waals surface area (Å²) in [6, 6.07) is 14.3. The number of azo groups is 1. The topological polar surface area (TPSA) is 88.4 Å². The monoisotopic (exact) mass is 483 g/mol. The van der Waals surface area contributed by atoms with Gasteiger partial charge in [0.25, 0.3) is 0 Å². The zero-order valence-corrected chi connectivity index (χ0v) is 20.9. The molecule has 0 amide bonds. The molecule has 3 rings (SSSR count). The molecule has 7 nitrogen and oxygen atoms in total. The summed E-state index contributed by atoms with van der Waals surface area (Å²) in [5.74, 6) is -0.0538. The van der Waals surface area contributed by atoms with Crippen LogP contribution in [0.2, 0.25) is 0 Å². The van der Waals surface area contributed by atoms with Crippen LogP contribution in [0.25, 0.3) is 0 Å². The number of piperidine rings is 1. The highest BCUT2D eigenvalue weighted by atomic mass is 32.2. The SMILES string of the molecule is C=C(C)C(=O)OC1CCN(c2ccc(N=Nc3ccc(S(=O)(=O)CC(C)CC)cc3)cc2)CC1. The number of sulfone groups is 1. The lowest BCUT2D eigenvalue weighted by molar-refractivity contribution is -0.145. The molecule has 1 atom stereocenters. The molecule has 1 aliphatic rings. The molecule has 1 aliphatic heterocycles. The molecule has 0 saturated carbocycles. The lowest BCUT2D eigenvalue weighted by Crippen LogP contribution is -2.37. The Morgan fingerprint density at radius 2 is 1.59 bits per heavy atom. The first-order chi connectivity index (χ1) is 16.2. The van der Waals surface area contributed by atoms with Gasteiger partial charge in [0, 0.05) is 37.2 Å². The van der Waals surface area contributed by atoms with Crippen LogP contribution in [0.15, 0.2) is 75.8 Å². The molecule has 34 heavy (non-hydrogen) atoms. The highest BCUT2D eigenvalue weighted by Crippen LogP contribution is 2.26. The smallest absolute Gasteiger partial charge is 0.333 e. The minimum absolute atomic E-state index is 0.0649. The maximum atomic E-state index is 12.5. The number of ether oxygens (including phenoxy) is 1. The van der Waals surface area contributed by atoms with Gasteiger partial charge in [-0.2, -0.15) is 10.2 Å². The van der Waals surface area contributed by atoms with Gasteiger partial charge < -0.3 is 9.64 Å². The van der Waals surface area contributed by atoms with E-state index < -0.39 is 9.84 Å².